The first kappa shape index (κ1) is 17.4. The zero-order valence-electron chi connectivity index (χ0n) is 12.3. The molecule has 0 unspecified atom stereocenters. The topological polar surface area (TPSA) is 101 Å². The molecule has 0 atom stereocenters. The normalized spacial score (nSPS) is 18.7. The minimum absolute atomic E-state index is 0.0342. The van der Waals surface area contributed by atoms with Crippen molar-refractivity contribution in [1.82, 2.24) is 10.0 Å². The lowest BCUT2D eigenvalue weighted by molar-refractivity contribution is -0.123. The van der Waals surface area contributed by atoms with Crippen LogP contribution in [0.4, 0.5) is 0 Å². The van der Waals surface area contributed by atoms with Gasteiger partial charge in [0.1, 0.15) is 0 Å². The standard InChI is InChI=1S/C13H27N3O3S/c1-2-20(18,19)16-9-8-15-12(17)10-13(11-14)6-4-3-5-7-13/h16H,2-11,14H2,1H3,(H,15,17). The molecule has 118 valence electrons. The van der Waals surface area contributed by atoms with E-state index >= 15 is 0 Å². The average Bonchev–Trinajstić information content (AvgIpc) is 2.44. The van der Waals surface area contributed by atoms with Gasteiger partial charge in [-0.1, -0.05) is 19.3 Å². The van der Waals surface area contributed by atoms with Crippen LogP contribution in [0.25, 0.3) is 0 Å². The Kier molecular flexibility index (Phi) is 6.91. The third-order valence-electron chi connectivity index (χ3n) is 4.03. The highest BCUT2D eigenvalue weighted by Gasteiger charge is 2.32. The number of hydrogen-bond acceptors (Lipinski definition) is 4. The summed E-state index contributed by atoms with van der Waals surface area (Å²) < 4.78 is 24.9. The molecule has 1 rings (SSSR count). The molecule has 0 heterocycles. The molecule has 0 aliphatic heterocycles. The predicted molar refractivity (Wildman–Crippen MR) is 79.7 cm³/mol. The number of carbonyl (C=O) groups excluding carboxylic acids is 1. The van der Waals surface area contributed by atoms with Gasteiger partial charge in [-0.25, -0.2) is 13.1 Å². The lowest BCUT2D eigenvalue weighted by Crippen LogP contribution is -2.40. The fraction of sp³-hybridized carbons (Fsp3) is 0.923. The largest absolute Gasteiger partial charge is 0.355 e. The van der Waals surface area contributed by atoms with E-state index in [9.17, 15) is 13.2 Å². The van der Waals surface area contributed by atoms with Crippen molar-refractivity contribution in [1.29, 1.82) is 0 Å². The van der Waals surface area contributed by atoms with E-state index in [1.807, 2.05) is 0 Å². The van der Waals surface area contributed by atoms with E-state index in [1.165, 1.54) is 6.42 Å². The number of hydrogen-bond donors (Lipinski definition) is 3. The van der Waals surface area contributed by atoms with Crippen LogP contribution in [0.3, 0.4) is 0 Å². The molecule has 4 N–H and O–H groups in total. The molecule has 0 aromatic heterocycles. The molecule has 0 aromatic rings. The third-order valence-corrected chi connectivity index (χ3v) is 5.44. The van der Waals surface area contributed by atoms with Gasteiger partial charge in [0.25, 0.3) is 0 Å². The van der Waals surface area contributed by atoms with Crippen LogP contribution in [0.5, 0.6) is 0 Å². The highest BCUT2D eigenvalue weighted by Crippen LogP contribution is 2.38. The van der Waals surface area contributed by atoms with Crippen LogP contribution in [-0.4, -0.2) is 39.7 Å². The summed E-state index contributed by atoms with van der Waals surface area (Å²) >= 11 is 0. The van der Waals surface area contributed by atoms with Gasteiger partial charge in [-0.05, 0) is 31.7 Å². The van der Waals surface area contributed by atoms with Crippen LogP contribution in [0, 0.1) is 5.41 Å². The molecule has 0 spiro atoms. The summed E-state index contributed by atoms with van der Waals surface area (Å²) in [6, 6.07) is 0. The third kappa shape index (κ3) is 5.76. The van der Waals surface area contributed by atoms with E-state index in [2.05, 4.69) is 10.0 Å². The molecular weight excluding hydrogens is 278 g/mol. The molecule has 1 aliphatic rings. The molecule has 1 amide bonds. The van der Waals surface area contributed by atoms with Crippen molar-refractivity contribution < 1.29 is 13.2 Å². The van der Waals surface area contributed by atoms with E-state index < -0.39 is 10.0 Å². The van der Waals surface area contributed by atoms with Crippen LogP contribution in [0.2, 0.25) is 0 Å². The van der Waals surface area contributed by atoms with Gasteiger partial charge < -0.3 is 11.1 Å². The van der Waals surface area contributed by atoms with Crippen molar-refractivity contribution in [3.8, 4) is 0 Å². The van der Waals surface area contributed by atoms with E-state index in [4.69, 9.17) is 5.73 Å². The summed E-state index contributed by atoms with van der Waals surface area (Å²) in [6.07, 6.45) is 5.98. The van der Waals surface area contributed by atoms with Crippen molar-refractivity contribution in [3.05, 3.63) is 0 Å². The van der Waals surface area contributed by atoms with Gasteiger partial charge in [0.05, 0.1) is 5.75 Å². The summed E-state index contributed by atoms with van der Waals surface area (Å²) in [5, 5.41) is 2.76. The van der Waals surface area contributed by atoms with Crippen molar-refractivity contribution in [2.45, 2.75) is 45.4 Å². The number of nitrogens with one attached hydrogen (secondary N) is 2. The van der Waals surface area contributed by atoms with Gasteiger partial charge in [-0.15, -0.1) is 0 Å². The van der Waals surface area contributed by atoms with E-state index in [0.29, 0.717) is 19.5 Å². The van der Waals surface area contributed by atoms with Crippen molar-refractivity contribution in [3.63, 3.8) is 0 Å². The second kappa shape index (κ2) is 7.95. The Morgan fingerprint density at radius 3 is 2.40 bits per heavy atom. The number of sulfonamides is 1. The Bertz CT molecular complexity index is 403. The highest BCUT2D eigenvalue weighted by molar-refractivity contribution is 7.89. The Balaban J connectivity index is 2.29. The molecule has 1 fully saturated rings. The average molecular weight is 305 g/mol. The smallest absolute Gasteiger partial charge is 0.220 e. The maximum absolute atomic E-state index is 11.9. The van der Waals surface area contributed by atoms with Gasteiger partial charge in [0.2, 0.25) is 15.9 Å². The highest BCUT2D eigenvalue weighted by atomic mass is 32.2. The minimum Gasteiger partial charge on any atom is -0.355 e. The van der Waals surface area contributed by atoms with Gasteiger partial charge in [-0.3, -0.25) is 4.79 Å². The molecule has 0 aromatic carbocycles. The molecule has 1 saturated carbocycles. The number of carbonyl (C=O) groups is 1. The Morgan fingerprint density at radius 1 is 1.20 bits per heavy atom. The Labute approximate surface area is 121 Å². The van der Waals surface area contributed by atoms with E-state index in [1.54, 1.807) is 6.92 Å². The van der Waals surface area contributed by atoms with Crippen molar-refractivity contribution >= 4 is 15.9 Å². The molecule has 6 nitrogen and oxygen atoms in total. The molecule has 0 radical (unpaired) electrons. The summed E-state index contributed by atoms with van der Waals surface area (Å²) in [6.45, 7) is 2.67. The number of nitrogens with two attached hydrogens (primary N) is 1. The van der Waals surface area contributed by atoms with Crippen LogP contribution in [-0.2, 0) is 14.8 Å². The predicted octanol–water partition coefficient (Wildman–Crippen LogP) is 0.341. The SMILES string of the molecule is CCS(=O)(=O)NCCNC(=O)CC1(CN)CCCCC1. The molecule has 0 bridgehead atoms. The first-order valence-corrected chi connectivity index (χ1v) is 9.02. The number of rotatable bonds is 8. The maximum atomic E-state index is 11.9. The van der Waals surface area contributed by atoms with Gasteiger partial charge >= 0.3 is 0 Å². The summed E-state index contributed by atoms with van der Waals surface area (Å²) in [5.74, 6) is 0.0186. The second-order valence-electron chi connectivity index (χ2n) is 5.59. The fourth-order valence-corrected chi connectivity index (χ4v) is 3.29. The summed E-state index contributed by atoms with van der Waals surface area (Å²) in [7, 11) is -3.18. The molecular formula is C13H27N3O3S. The molecule has 20 heavy (non-hydrogen) atoms. The Morgan fingerprint density at radius 2 is 1.85 bits per heavy atom. The second-order valence-corrected chi connectivity index (χ2v) is 7.68. The fourth-order valence-electron chi connectivity index (χ4n) is 2.67. The lowest BCUT2D eigenvalue weighted by Gasteiger charge is -2.35. The zero-order chi connectivity index (χ0) is 15.1. The van der Waals surface area contributed by atoms with Crippen LogP contribution in [0.15, 0.2) is 0 Å². The quantitative estimate of drug-likeness (QED) is 0.563. The Hall–Kier alpha value is -0.660. The monoisotopic (exact) mass is 305 g/mol. The first-order chi connectivity index (χ1) is 9.43. The zero-order valence-corrected chi connectivity index (χ0v) is 13.1. The van der Waals surface area contributed by atoms with Gasteiger partial charge in [-0.2, -0.15) is 0 Å². The van der Waals surface area contributed by atoms with Crippen molar-refractivity contribution in [2.75, 3.05) is 25.4 Å². The van der Waals surface area contributed by atoms with Crippen LogP contribution >= 0.6 is 0 Å². The van der Waals surface area contributed by atoms with E-state index in [-0.39, 0.29) is 23.6 Å². The van der Waals surface area contributed by atoms with E-state index in [0.717, 1.165) is 25.7 Å². The minimum atomic E-state index is -3.18. The van der Waals surface area contributed by atoms with Crippen LogP contribution < -0.4 is 15.8 Å². The lowest BCUT2D eigenvalue weighted by atomic mass is 9.71. The first-order valence-electron chi connectivity index (χ1n) is 7.37. The van der Waals surface area contributed by atoms with Gasteiger partial charge in [0.15, 0.2) is 0 Å². The van der Waals surface area contributed by atoms with Gasteiger partial charge in [0, 0.05) is 19.5 Å². The maximum Gasteiger partial charge on any atom is 0.220 e. The summed E-state index contributed by atoms with van der Waals surface area (Å²) in [4.78, 5) is 11.9. The van der Waals surface area contributed by atoms with Crippen LogP contribution in [0.1, 0.15) is 45.4 Å². The summed E-state index contributed by atoms with van der Waals surface area (Å²) in [5.41, 5.74) is 5.79. The van der Waals surface area contributed by atoms with Crippen molar-refractivity contribution in [2.24, 2.45) is 11.1 Å². The molecule has 0 saturated heterocycles. The molecule has 7 heteroatoms. The number of amides is 1. The molecule has 1 aliphatic carbocycles.